The predicted octanol–water partition coefficient (Wildman–Crippen LogP) is 9.80. The van der Waals surface area contributed by atoms with Crippen LogP contribution in [0.2, 0.25) is 0 Å². The van der Waals surface area contributed by atoms with E-state index < -0.39 is 35.1 Å². The van der Waals surface area contributed by atoms with E-state index in [4.69, 9.17) is 0 Å². The molecule has 3 aromatic rings. The van der Waals surface area contributed by atoms with E-state index in [2.05, 4.69) is 11.7 Å². The van der Waals surface area contributed by atoms with E-state index in [0.29, 0.717) is 29.2 Å². The van der Waals surface area contributed by atoms with Crippen LogP contribution in [0.4, 0.5) is 26.3 Å². The van der Waals surface area contributed by atoms with Crippen LogP contribution in [-0.4, -0.2) is 6.36 Å². The quantitative estimate of drug-likeness (QED) is 0.290. The molecule has 1 aliphatic rings. The molecule has 1 aliphatic carbocycles. The maximum atomic E-state index is 14.9. The zero-order valence-corrected chi connectivity index (χ0v) is 20.0. The van der Waals surface area contributed by atoms with Gasteiger partial charge in [-0.25, -0.2) is 13.2 Å². The van der Waals surface area contributed by atoms with Crippen LogP contribution in [0.5, 0.6) is 5.75 Å². The zero-order valence-electron chi connectivity index (χ0n) is 20.0. The third-order valence-corrected chi connectivity index (χ3v) is 7.02. The maximum Gasteiger partial charge on any atom is 0.573 e. The molecule has 0 heterocycles. The lowest BCUT2D eigenvalue weighted by Crippen LogP contribution is -2.17. The fraction of sp³-hybridized carbons (Fsp3) is 0.379. The highest BCUT2D eigenvalue weighted by molar-refractivity contribution is 5.72. The van der Waals surface area contributed by atoms with Crippen LogP contribution in [0.15, 0.2) is 54.6 Å². The summed E-state index contributed by atoms with van der Waals surface area (Å²) in [6.45, 7) is 2.21. The van der Waals surface area contributed by atoms with Gasteiger partial charge in [-0.15, -0.1) is 13.2 Å². The Labute approximate surface area is 207 Å². The van der Waals surface area contributed by atoms with Crippen LogP contribution >= 0.6 is 0 Å². The first-order valence-corrected chi connectivity index (χ1v) is 12.3. The van der Waals surface area contributed by atoms with Gasteiger partial charge in [0.2, 0.25) is 0 Å². The lowest BCUT2D eigenvalue weighted by molar-refractivity contribution is -0.275. The van der Waals surface area contributed by atoms with E-state index in [-0.39, 0.29) is 5.56 Å². The number of benzene rings is 3. The molecule has 0 N–H and O–H groups in total. The summed E-state index contributed by atoms with van der Waals surface area (Å²) < 4.78 is 84.5. The topological polar surface area (TPSA) is 9.23 Å². The number of hydrogen-bond acceptors (Lipinski definition) is 1. The molecular weight excluding hydrogens is 478 g/mol. The van der Waals surface area contributed by atoms with Gasteiger partial charge < -0.3 is 4.74 Å². The molecule has 0 radical (unpaired) electrons. The Hall–Kier alpha value is -2.96. The van der Waals surface area contributed by atoms with E-state index in [9.17, 15) is 26.3 Å². The molecule has 192 valence electrons. The van der Waals surface area contributed by atoms with Crippen molar-refractivity contribution in [3.8, 4) is 28.0 Å². The first kappa shape index (κ1) is 26.1. The third kappa shape index (κ3) is 6.23. The molecule has 0 bridgehead atoms. The van der Waals surface area contributed by atoms with E-state index in [1.807, 2.05) is 24.3 Å². The molecule has 0 amide bonds. The number of rotatable bonds is 7. The Bertz CT molecular complexity index is 1150. The number of hydrogen-bond donors (Lipinski definition) is 0. The molecular formula is C29H28F6O. The Morgan fingerprint density at radius 1 is 0.750 bits per heavy atom. The Morgan fingerprint density at radius 3 is 1.89 bits per heavy atom. The largest absolute Gasteiger partial charge is 0.573 e. The highest BCUT2D eigenvalue weighted by atomic mass is 19.4. The summed E-state index contributed by atoms with van der Waals surface area (Å²) in [5.41, 5.74) is 1.43. The molecule has 0 saturated heterocycles. The van der Waals surface area contributed by atoms with Gasteiger partial charge in [-0.05, 0) is 84.0 Å². The van der Waals surface area contributed by atoms with Crippen molar-refractivity contribution in [1.82, 2.24) is 0 Å². The Kier molecular flexibility index (Phi) is 7.96. The monoisotopic (exact) mass is 506 g/mol. The van der Waals surface area contributed by atoms with Gasteiger partial charge in [-0.2, -0.15) is 0 Å². The van der Waals surface area contributed by atoms with Crippen molar-refractivity contribution in [1.29, 1.82) is 0 Å². The summed E-state index contributed by atoms with van der Waals surface area (Å²) in [4.78, 5) is 0. The van der Waals surface area contributed by atoms with E-state index in [0.717, 1.165) is 37.0 Å². The number of unbranched alkanes of at least 4 members (excludes halogenated alkanes) is 1. The molecule has 1 saturated carbocycles. The van der Waals surface area contributed by atoms with Gasteiger partial charge >= 0.3 is 6.36 Å². The van der Waals surface area contributed by atoms with Gasteiger partial charge in [-0.1, -0.05) is 56.5 Å². The summed E-state index contributed by atoms with van der Waals surface area (Å²) in [7, 11) is 0. The van der Waals surface area contributed by atoms with Crippen molar-refractivity contribution in [3.63, 3.8) is 0 Å². The van der Waals surface area contributed by atoms with Gasteiger partial charge in [0, 0.05) is 0 Å². The third-order valence-electron chi connectivity index (χ3n) is 7.02. The van der Waals surface area contributed by atoms with Crippen LogP contribution in [0.3, 0.4) is 0 Å². The molecule has 3 aromatic carbocycles. The average Bonchev–Trinajstić information content (AvgIpc) is 2.83. The minimum Gasteiger partial charge on any atom is -0.403 e. The second kappa shape index (κ2) is 11.0. The van der Waals surface area contributed by atoms with Gasteiger partial charge in [0.05, 0.1) is 5.56 Å². The van der Waals surface area contributed by atoms with Crippen molar-refractivity contribution in [2.75, 3.05) is 0 Å². The summed E-state index contributed by atoms with van der Waals surface area (Å²) >= 11 is 0. The summed E-state index contributed by atoms with van der Waals surface area (Å²) in [5, 5.41) is 0. The maximum absolute atomic E-state index is 14.9. The van der Waals surface area contributed by atoms with Gasteiger partial charge in [0.25, 0.3) is 0 Å². The first-order valence-electron chi connectivity index (χ1n) is 12.3. The summed E-state index contributed by atoms with van der Waals surface area (Å²) in [6.07, 6.45) is 3.48. The van der Waals surface area contributed by atoms with Crippen molar-refractivity contribution in [3.05, 3.63) is 77.6 Å². The van der Waals surface area contributed by atoms with E-state index in [1.54, 1.807) is 0 Å². The van der Waals surface area contributed by atoms with Crippen LogP contribution in [0.25, 0.3) is 22.3 Å². The van der Waals surface area contributed by atoms with Crippen LogP contribution < -0.4 is 4.74 Å². The molecule has 7 heteroatoms. The normalized spacial score (nSPS) is 18.3. The SMILES string of the molecule is CCCCC1CCC(c2ccc(-c3cc(F)c(-c4ccc(OC(F)(F)F)c(F)c4)c(F)c3)cc2)CC1. The summed E-state index contributed by atoms with van der Waals surface area (Å²) in [6, 6.07) is 12.3. The van der Waals surface area contributed by atoms with Crippen molar-refractivity contribution >= 4 is 0 Å². The highest BCUT2D eigenvalue weighted by Gasteiger charge is 2.32. The van der Waals surface area contributed by atoms with Gasteiger partial charge in [-0.3, -0.25) is 0 Å². The van der Waals surface area contributed by atoms with Crippen LogP contribution in [-0.2, 0) is 0 Å². The first-order chi connectivity index (χ1) is 17.1. The molecule has 0 atom stereocenters. The second-order valence-corrected chi connectivity index (χ2v) is 9.49. The highest BCUT2D eigenvalue weighted by Crippen LogP contribution is 2.39. The number of ether oxygens (including phenoxy) is 1. The molecule has 0 spiro atoms. The molecule has 0 aromatic heterocycles. The van der Waals surface area contributed by atoms with Crippen molar-refractivity contribution < 1.29 is 31.1 Å². The molecule has 0 aliphatic heterocycles. The van der Waals surface area contributed by atoms with Gasteiger partial charge in [0.15, 0.2) is 11.6 Å². The molecule has 4 rings (SSSR count). The fourth-order valence-electron chi connectivity index (χ4n) is 5.10. The standard InChI is InChI=1S/C29H28F6O/c1-2-3-4-18-5-7-19(8-6-18)20-9-11-21(12-10-20)23-16-25(31)28(26(32)17-23)22-13-14-27(24(30)15-22)36-29(33,34)35/h9-19H,2-8H2,1H3. The van der Waals surface area contributed by atoms with Gasteiger partial charge in [0.1, 0.15) is 11.6 Å². The molecule has 1 nitrogen and oxygen atoms in total. The molecule has 36 heavy (non-hydrogen) atoms. The van der Waals surface area contributed by atoms with Crippen molar-refractivity contribution in [2.45, 2.75) is 64.1 Å². The average molecular weight is 507 g/mol. The zero-order chi connectivity index (χ0) is 25.9. The second-order valence-electron chi connectivity index (χ2n) is 9.49. The molecule has 0 unspecified atom stereocenters. The summed E-state index contributed by atoms with van der Waals surface area (Å²) in [5.74, 6) is -3.02. The Balaban J connectivity index is 1.50. The molecule has 1 fully saturated rings. The van der Waals surface area contributed by atoms with E-state index >= 15 is 0 Å². The number of alkyl halides is 3. The van der Waals surface area contributed by atoms with E-state index in [1.165, 1.54) is 37.7 Å². The number of halogens is 6. The van der Waals surface area contributed by atoms with Crippen molar-refractivity contribution in [2.24, 2.45) is 5.92 Å². The lowest BCUT2D eigenvalue weighted by Gasteiger charge is -2.29. The lowest BCUT2D eigenvalue weighted by atomic mass is 9.77. The predicted molar refractivity (Wildman–Crippen MR) is 128 cm³/mol. The fourth-order valence-corrected chi connectivity index (χ4v) is 5.10. The Morgan fingerprint density at radius 2 is 1.33 bits per heavy atom. The minimum absolute atomic E-state index is 0.228. The smallest absolute Gasteiger partial charge is 0.403 e. The minimum atomic E-state index is -5.08. The van der Waals surface area contributed by atoms with Crippen LogP contribution in [0, 0.1) is 23.4 Å². The van der Waals surface area contributed by atoms with Crippen LogP contribution in [0.1, 0.15) is 63.4 Å².